The standard InChI is InChI=1S/C19H16Cl2F3N3O2S/c1-28-13-5-4-9(6-14(13)29-2)15-17(25)27(26-18(15)30-3)16-11(20)7-10(8-12(16)21)19(22,23)24/h4-8H,25H2,1-3H3. The number of benzene rings is 2. The molecule has 1 aromatic heterocycles. The third-order valence-corrected chi connectivity index (χ3v) is 5.56. The molecule has 0 atom stereocenters. The Morgan fingerprint density at radius 1 is 1.03 bits per heavy atom. The summed E-state index contributed by atoms with van der Waals surface area (Å²) in [6, 6.07) is 6.80. The second-order valence-corrected chi connectivity index (χ2v) is 7.65. The van der Waals surface area contributed by atoms with Crippen LogP contribution < -0.4 is 15.2 Å². The largest absolute Gasteiger partial charge is 0.493 e. The van der Waals surface area contributed by atoms with Gasteiger partial charge >= 0.3 is 6.18 Å². The minimum atomic E-state index is -4.59. The van der Waals surface area contributed by atoms with Crippen LogP contribution in [0.25, 0.3) is 16.8 Å². The van der Waals surface area contributed by atoms with Gasteiger partial charge in [0.1, 0.15) is 16.5 Å². The molecule has 0 unspecified atom stereocenters. The first-order valence-corrected chi connectivity index (χ1v) is 10.3. The molecule has 0 aliphatic rings. The second-order valence-electron chi connectivity index (χ2n) is 6.04. The van der Waals surface area contributed by atoms with E-state index < -0.39 is 11.7 Å². The van der Waals surface area contributed by atoms with Crippen molar-refractivity contribution < 1.29 is 22.6 Å². The number of nitrogen functional groups attached to an aromatic ring is 1. The number of hydrogen-bond donors (Lipinski definition) is 1. The van der Waals surface area contributed by atoms with Gasteiger partial charge in [-0.1, -0.05) is 29.3 Å². The van der Waals surface area contributed by atoms with Gasteiger partial charge in [0, 0.05) is 0 Å². The van der Waals surface area contributed by atoms with Crippen molar-refractivity contribution in [2.75, 3.05) is 26.2 Å². The van der Waals surface area contributed by atoms with Gasteiger partial charge < -0.3 is 15.2 Å². The van der Waals surface area contributed by atoms with Gasteiger partial charge in [-0.25, -0.2) is 4.68 Å². The van der Waals surface area contributed by atoms with Crippen LogP contribution in [0, 0.1) is 0 Å². The molecule has 2 aromatic carbocycles. The fourth-order valence-electron chi connectivity index (χ4n) is 2.92. The van der Waals surface area contributed by atoms with Crippen molar-refractivity contribution in [3.05, 3.63) is 45.9 Å². The minimum Gasteiger partial charge on any atom is -0.493 e. The summed E-state index contributed by atoms with van der Waals surface area (Å²) in [7, 11) is 3.03. The fraction of sp³-hybridized carbons (Fsp3) is 0.211. The van der Waals surface area contributed by atoms with E-state index in [1.54, 1.807) is 24.5 Å². The number of anilines is 1. The Morgan fingerprint density at radius 3 is 2.13 bits per heavy atom. The molecule has 5 nitrogen and oxygen atoms in total. The van der Waals surface area contributed by atoms with Crippen LogP contribution in [0.2, 0.25) is 10.0 Å². The molecule has 30 heavy (non-hydrogen) atoms. The van der Waals surface area contributed by atoms with Gasteiger partial charge in [-0.15, -0.1) is 11.8 Å². The minimum absolute atomic E-state index is 0.0610. The number of hydrogen-bond acceptors (Lipinski definition) is 5. The number of halogens is 5. The monoisotopic (exact) mass is 477 g/mol. The fourth-order valence-corrected chi connectivity index (χ4v) is 4.16. The van der Waals surface area contributed by atoms with E-state index in [1.165, 1.54) is 30.7 Å². The number of aromatic nitrogens is 2. The molecule has 3 aromatic rings. The first kappa shape index (κ1) is 22.5. The molecule has 0 aliphatic heterocycles. The number of nitrogens with two attached hydrogens (primary N) is 1. The van der Waals surface area contributed by atoms with E-state index in [4.69, 9.17) is 38.4 Å². The maximum Gasteiger partial charge on any atom is 0.416 e. The molecule has 11 heteroatoms. The second kappa shape index (κ2) is 8.49. The van der Waals surface area contributed by atoms with E-state index in [0.29, 0.717) is 27.7 Å². The number of ether oxygens (including phenoxy) is 2. The van der Waals surface area contributed by atoms with Crippen molar-refractivity contribution in [1.82, 2.24) is 9.78 Å². The highest BCUT2D eigenvalue weighted by atomic mass is 35.5. The van der Waals surface area contributed by atoms with E-state index in [9.17, 15) is 13.2 Å². The number of thioether (sulfide) groups is 1. The average molecular weight is 478 g/mol. The number of methoxy groups -OCH3 is 2. The third-order valence-electron chi connectivity index (χ3n) is 4.31. The normalized spacial score (nSPS) is 11.6. The highest BCUT2D eigenvalue weighted by molar-refractivity contribution is 7.98. The van der Waals surface area contributed by atoms with Crippen LogP contribution in [-0.4, -0.2) is 30.3 Å². The molecule has 3 rings (SSSR count). The van der Waals surface area contributed by atoms with Gasteiger partial charge in [-0.2, -0.15) is 18.3 Å². The lowest BCUT2D eigenvalue weighted by Crippen LogP contribution is -2.08. The zero-order valence-electron chi connectivity index (χ0n) is 16.0. The van der Waals surface area contributed by atoms with E-state index >= 15 is 0 Å². The van der Waals surface area contributed by atoms with Gasteiger partial charge in [0.15, 0.2) is 11.5 Å². The summed E-state index contributed by atoms with van der Waals surface area (Å²) in [6.45, 7) is 0. The number of rotatable bonds is 5. The van der Waals surface area contributed by atoms with Crippen LogP contribution >= 0.6 is 35.0 Å². The van der Waals surface area contributed by atoms with Crippen molar-refractivity contribution in [3.8, 4) is 28.3 Å². The van der Waals surface area contributed by atoms with E-state index in [2.05, 4.69) is 5.10 Å². The van der Waals surface area contributed by atoms with Crippen molar-refractivity contribution in [2.45, 2.75) is 11.2 Å². The van der Waals surface area contributed by atoms with Crippen molar-refractivity contribution >= 4 is 40.8 Å². The SMILES string of the molecule is COc1ccc(-c2c(SC)nn(-c3c(Cl)cc(C(F)(F)F)cc3Cl)c2N)cc1OC. The van der Waals surface area contributed by atoms with Crippen LogP contribution in [0.15, 0.2) is 35.4 Å². The van der Waals surface area contributed by atoms with Crippen LogP contribution in [0.4, 0.5) is 19.0 Å². The predicted molar refractivity (Wildman–Crippen MR) is 113 cm³/mol. The Kier molecular flexibility index (Phi) is 6.35. The molecule has 0 amide bonds. The Bertz CT molecular complexity index is 1080. The molecule has 0 fully saturated rings. The molecule has 160 valence electrons. The predicted octanol–water partition coefficient (Wildman–Crippen LogP) is 6.19. The molecular weight excluding hydrogens is 462 g/mol. The highest BCUT2D eigenvalue weighted by Gasteiger charge is 2.33. The lowest BCUT2D eigenvalue weighted by atomic mass is 10.1. The molecular formula is C19H16Cl2F3N3O2S. The van der Waals surface area contributed by atoms with E-state index in [-0.39, 0.29) is 21.6 Å². The quantitative estimate of drug-likeness (QED) is 0.444. The van der Waals surface area contributed by atoms with Crippen LogP contribution in [0.5, 0.6) is 11.5 Å². The summed E-state index contributed by atoms with van der Waals surface area (Å²) in [6.07, 6.45) is -2.79. The Balaban J connectivity index is 2.21. The van der Waals surface area contributed by atoms with Gasteiger partial charge in [0.2, 0.25) is 0 Å². The zero-order valence-corrected chi connectivity index (χ0v) is 18.3. The summed E-state index contributed by atoms with van der Waals surface area (Å²) in [5.74, 6) is 1.18. The summed E-state index contributed by atoms with van der Waals surface area (Å²) in [5.41, 5.74) is 6.69. The topological polar surface area (TPSA) is 62.3 Å². The van der Waals surface area contributed by atoms with Crippen LogP contribution in [0.3, 0.4) is 0 Å². The Morgan fingerprint density at radius 2 is 1.63 bits per heavy atom. The van der Waals surface area contributed by atoms with Crippen LogP contribution in [-0.2, 0) is 6.18 Å². The highest BCUT2D eigenvalue weighted by Crippen LogP contribution is 2.43. The van der Waals surface area contributed by atoms with Crippen molar-refractivity contribution in [2.24, 2.45) is 0 Å². The van der Waals surface area contributed by atoms with Crippen LogP contribution in [0.1, 0.15) is 5.56 Å². The first-order valence-electron chi connectivity index (χ1n) is 8.33. The molecule has 1 heterocycles. The van der Waals surface area contributed by atoms with Gasteiger partial charge in [-0.05, 0) is 36.1 Å². The smallest absolute Gasteiger partial charge is 0.416 e. The summed E-state index contributed by atoms with van der Waals surface area (Å²) in [5, 5.41) is 4.50. The molecule has 0 radical (unpaired) electrons. The molecule has 0 bridgehead atoms. The molecule has 0 spiro atoms. The van der Waals surface area contributed by atoms with E-state index in [1.807, 2.05) is 0 Å². The van der Waals surface area contributed by atoms with Crippen molar-refractivity contribution in [1.29, 1.82) is 0 Å². The number of nitrogens with zero attached hydrogens (tertiary/aromatic N) is 2. The lowest BCUT2D eigenvalue weighted by Gasteiger charge is -2.13. The lowest BCUT2D eigenvalue weighted by molar-refractivity contribution is -0.137. The first-order chi connectivity index (χ1) is 14.1. The zero-order chi connectivity index (χ0) is 22.2. The Labute approximate surface area is 184 Å². The third kappa shape index (κ3) is 4.01. The van der Waals surface area contributed by atoms with Gasteiger partial charge in [-0.3, -0.25) is 0 Å². The maximum absolute atomic E-state index is 13.0. The molecule has 0 aliphatic carbocycles. The average Bonchev–Trinajstić information content (AvgIpc) is 3.02. The van der Waals surface area contributed by atoms with Crippen molar-refractivity contribution in [3.63, 3.8) is 0 Å². The molecule has 0 saturated heterocycles. The maximum atomic E-state index is 13.0. The molecule has 0 saturated carbocycles. The summed E-state index contributed by atoms with van der Waals surface area (Å²) in [4.78, 5) is 0. The summed E-state index contributed by atoms with van der Waals surface area (Å²) >= 11 is 13.6. The Hall–Kier alpha value is -2.23. The van der Waals surface area contributed by atoms with E-state index in [0.717, 1.165) is 12.1 Å². The van der Waals surface area contributed by atoms with Gasteiger partial charge in [0.25, 0.3) is 0 Å². The molecule has 2 N–H and O–H groups in total. The van der Waals surface area contributed by atoms with Gasteiger partial charge in [0.05, 0.1) is 35.4 Å². The number of alkyl halides is 3. The summed E-state index contributed by atoms with van der Waals surface area (Å²) < 4.78 is 51.0.